The van der Waals surface area contributed by atoms with Gasteiger partial charge in [-0.15, -0.1) is 22.9 Å². The maximum absolute atomic E-state index is 5.76. The third-order valence-electron chi connectivity index (χ3n) is 2.72. The Labute approximate surface area is 99.0 Å². The highest BCUT2D eigenvalue weighted by molar-refractivity contribution is 7.15. The highest BCUT2D eigenvalue weighted by Crippen LogP contribution is 2.26. The SMILES string of the molecule is COC1CCN(c2ncc(CCl)s2)CC1. The Morgan fingerprint density at radius 1 is 1.60 bits per heavy atom. The Morgan fingerprint density at radius 2 is 2.33 bits per heavy atom. The van der Waals surface area contributed by atoms with E-state index in [4.69, 9.17) is 16.3 Å². The first-order valence-corrected chi connectivity index (χ1v) is 6.47. The van der Waals surface area contributed by atoms with Gasteiger partial charge < -0.3 is 9.64 Å². The van der Waals surface area contributed by atoms with Crippen molar-refractivity contribution in [1.82, 2.24) is 4.98 Å². The van der Waals surface area contributed by atoms with E-state index in [1.54, 1.807) is 18.4 Å². The van der Waals surface area contributed by atoms with E-state index in [-0.39, 0.29) is 0 Å². The fourth-order valence-electron chi connectivity index (χ4n) is 1.79. The van der Waals surface area contributed by atoms with Gasteiger partial charge in [-0.05, 0) is 12.8 Å². The number of ether oxygens (including phenoxy) is 1. The van der Waals surface area contributed by atoms with Gasteiger partial charge in [-0.1, -0.05) is 0 Å². The molecule has 1 saturated heterocycles. The summed E-state index contributed by atoms with van der Waals surface area (Å²) in [6, 6.07) is 0. The number of nitrogens with zero attached hydrogens (tertiary/aromatic N) is 2. The van der Waals surface area contributed by atoms with E-state index in [0.717, 1.165) is 35.9 Å². The second-order valence-corrected chi connectivity index (χ2v) is 5.03. The topological polar surface area (TPSA) is 25.4 Å². The van der Waals surface area contributed by atoms with Gasteiger partial charge in [0, 0.05) is 31.3 Å². The number of thiazole rings is 1. The summed E-state index contributed by atoms with van der Waals surface area (Å²) in [6.07, 6.45) is 4.47. The number of methoxy groups -OCH3 is 1. The molecule has 1 fully saturated rings. The molecule has 0 bridgehead atoms. The van der Waals surface area contributed by atoms with Gasteiger partial charge in [-0.2, -0.15) is 0 Å². The average molecular weight is 247 g/mol. The minimum absolute atomic E-state index is 0.425. The van der Waals surface area contributed by atoms with E-state index in [0.29, 0.717) is 12.0 Å². The third-order valence-corrected chi connectivity index (χ3v) is 4.22. The summed E-state index contributed by atoms with van der Waals surface area (Å²) < 4.78 is 5.34. The van der Waals surface area contributed by atoms with Crippen LogP contribution in [0.2, 0.25) is 0 Å². The summed E-state index contributed by atoms with van der Waals surface area (Å²) in [6.45, 7) is 2.07. The maximum atomic E-state index is 5.76. The van der Waals surface area contributed by atoms with Gasteiger partial charge in [0.2, 0.25) is 0 Å². The highest BCUT2D eigenvalue weighted by Gasteiger charge is 2.20. The van der Waals surface area contributed by atoms with Crippen LogP contribution in [0.3, 0.4) is 0 Å². The lowest BCUT2D eigenvalue weighted by Gasteiger charge is -2.30. The van der Waals surface area contributed by atoms with Gasteiger partial charge in [-0.3, -0.25) is 0 Å². The molecule has 0 aromatic carbocycles. The molecule has 1 aliphatic rings. The predicted octanol–water partition coefficient (Wildman–Crippen LogP) is 2.50. The van der Waals surface area contributed by atoms with Gasteiger partial charge in [-0.25, -0.2) is 4.98 Å². The molecule has 2 rings (SSSR count). The first-order valence-electron chi connectivity index (χ1n) is 5.12. The van der Waals surface area contributed by atoms with Crippen LogP contribution in [0.5, 0.6) is 0 Å². The monoisotopic (exact) mass is 246 g/mol. The molecule has 0 atom stereocenters. The number of anilines is 1. The number of halogens is 1. The lowest BCUT2D eigenvalue weighted by molar-refractivity contribution is 0.0819. The Bertz CT molecular complexity index is 310. The van der Waals surface area contributed by atoms with Gasteiger partial charge in [0.15, 0.2) is 5.13 Å². The van der Waals surface area contributed by atoms with E-state index in [2.05, 4.69) is 9.88 Å². The van der Waals surface area contributed by atoms with Gasteiger partial charge in [0.1, 0.15) is 0 Å². The number of alkyl halides is 1. The summed E-state index contributed by atoms with van der Waals surface area (Å²) in [4.78, 5) is 7.84. The number of hydrogen-bond acceptors (Lipinski definition) is 4. The van der Waals surface area contributed by atoms with Crippen molar-refractivity contribution in [2.75, 3.05) is 25.1 Å². The van der Waals surface area contributed by atoms with E-state index < -0.39 is 0 Å². The van der Waals surface area contributed by atoms with Crippen LogP contribution in [0, 0.1) is 0 Å². The van der Waals surface area contributed by atoms with Crippen molar-refractivity contribution >= 4 is 28.1 Å². The molecule has 1 aromatic rings. The molecule has 1 aromatic heterocycles. The van der Waals surface area contributed by atoms with Crippen molar-refractivity contribution in [2.24, 2.45) is 0 Å². The van der Waals surface area contributed by atoms with Crippen LogP contribution in [0.25, 0.3) is 0 Å². The van der Waals surface area contributed by atoms with Crippen LogP contribution in [0.4, 0.5) is 5.13 Å². The molecule has 0 aliphatic carbocycles. The van der Waals surface area contributed by atoms with Crippen molar-refractivity contribution in [2.45, 2.75) is 24.8 Å². The van der Waals surface area contributed by atoms with Crippen molar-refractivity contribution in [3.05, 3.63) is 11.1 Å². The molecule has 0 saturated carbocycles. The first kappa shape index (κ1) is 11.2. The maximum Gasteiger partial charge on any atom is 0.185 e. The van der Waals surface area contributed by atoms with Crippen molar-refractivity contribution in [3.8, 4) is 0 Å². The molecule has 0 unspecified atom stereocenters. The van der Waals surface area contributed by atoms with E-state index in [1.165, 1.54) is 0 Å². The fraction of sp³-hybridized carbons (Fsp3) is 0.700. The largest absolute Gasteiger partial charge is 0.381 e. The van der Waals surface area contributed by atoms with Crippen LogP contribution in [0.15, 0.2) is 6.20 Å². The molecule has 5 heteroatoms. The average Bonchev–Trinajstić information content (AvgIpc) is 2.78. The number of rotatable bonds is 3. The van der Waals surface area contributed by atoms with Crippen LogP contribution in [0.1, 0.15) is 17.7 Å². The molecule has 3 nitrogen and oxygen atoms in total. The van der Waals surface area contributed by atoms with Crippen molar-refractivity contribution in [1.29, 1.82) is 0 Å². The summed E-state index contributed by atoms with van der Waals surface area (Å²) in [5, 5.41) is 1.10. The Balaban J connectivity index is 1.95. The van der Waals surface area contributed by atoms with Crippen LogP contribution in [-0.4, -0.2) is 31.3 Å². The smallest absolute Gasteiger partial charge is 0.185 e. The molecule has 84 valence electrons. The second kappa shape index (κ2) is 5.14. The zero-order valence-electron chi connectivity index (χ0n) is 8.78. The summed E-state index contributed by atoms with van der Waals surface area (Å²) in [7, 11) is 1.79. The van der Waals surface area contributed by atoms with Crippen molar-refractivity contribution < 1.29 is 4.74 Å². The summed E-state index contributed by atoms with van der Waals surface area (Å²) in [5.41, 5.74) is 0. The van der Waals surface area contributed by atoms with E-state index >= 15 is 0 Å². The van der Waals surface area contributed by atoms with Crippen LogP contribution < -0.4 is 4.90 Å². The molecule has 0 amide bonds. The predicted molar refractivity (Wildman–Crippen MR) is 63.9 cm³/mol. The molecule has 15 heavy (non-hydrogen) atoms. The quantitative estimate of drug-likeness (QED) is 0.767. The number of hydrogen-bond donors (Lipinski definition) is 0. The number of aromatic nitrogens is 1. The lowest BCUT2D eigenvalue weighted by atomic mass is 10.1. The van der Waals surface area contributed by atoms with Crippen LogP contribution in [-0.2, 0) is 10.6 Å². The molecule has 2 heterocycles. The van der Waals surface area contributed by atoms with Gasteiger partial charge in [0.05, 0.1) is 12.0 Å². The normalized spacial score (nSPS) is 18.4. The third kappa shape index (κ3) is 2.62. The first-order chi connectivity index (χ1) is 7.33. The van der Waals surface area contributed by atoms with Crippen molar-refractivity contribution in [3.63, 3.8) is 0 Å². The molecule has 1 aliphatic heterocycles. The summed E-state index contributed by atoms with van der Waals surface area (Å²) >= 11 is 7.45. The standard InChI is InChI=1S/C10H15ClN2OS/c1-14-8-2-4-13(5-3-8)10-12-7-9(6-11)15-10/h7-8H,2-6H2,1H3. The summed E-state index contributed by atoms with van der Waals surface area (Å²) in [5.74, 6) is 0.562. The Hall–Kier alpha value is -0.320. The Kier molecular flexibility index (Phi) is 3.83. The zero-order valence-corrected chi connectivity index (χ0v) is 10.4. The fourth-order valence-corrected chi connectivity index (χ4v) is 2.83. The molecular formula is C10H15ClN2OS. The zero-order chi connectivity index (χ0) is 10.7. The van der Waals surface area contributed by atoms with Gasteiger partial charge >= 0.3 is 0 Å². The molecule has 0 radical (unpaired) electrons. The van der Waals surface area contributed by atoms with Crippen LogP contribution >= 0.6 is 22.9 Å². The number of piperidine rings is 1. The Morgan fingerprint density at radius 3 is 2.87 bits per heavy atom. The molecule has 0 spiro atoms. The molecule has 0 N–H and O–H groups in total. The molecular weight excluding hydrogens is 232 g/mol. The second-order valence-electron chi connectivity index (χ2n) is 3.66. The van der Waals surface area contributed by atoms with E-state index in [9.17, 15) is 0 Å². The van der Waals surface area contributed by atoms with Gasteiger partial charge in [0.25, 0.3) is 0 Å². The lowest BCUT2D eigenvalue weighted by Crippen LogP contribution is -2.36. The minimum atomic E-state index is 0.425. The highest BCUT2D eigenvalue weighted by atomic mass is 35.5. The minimum Gasteiger partial charge on any atom is -0.381 e. The van der Waals surface area contributed by atoms with E-state index in [1.807, 2.05) is 6.20 Å².